The van der Waals surface area contributed by atoms with Crippen LogP contribution < -0.4 is 0 Å². The van der Waals surface area contributed by atoms with E-state index in [-0.39, 0.29) is 6.10 Å². The van der Waals surface area contributed by atoms with Crippen LogP contribution in [0.5, 0.6) is 0 Å². The van der Waals surface area contributed by atoms with E-state index in [1.54, 1.807) is 0 Å². The molecule has 0 heterocycles. The van der Waals surface area contributed by atoms with Crippen LogP contribution in [0, 0.1) is 0 Å². The lowest BCUT2D eigenvalue weighted by Crippen LogP contribution is -2.09. The second-order valence-corrected chi connectivity index (χ2v) is 5.04. The average Bonchev–Trinajstić information content (AvgIpc) is 2.22. The van der Waals surface area contributed by atoms with Crippen LogP contribution in [-0.2, 0) is 4.52 Å². The lowest BCUT2D eigenvalue weighted by Gasteiger charge is -2.16. The molecule has 0 aromatic rings. The Hall–Kier alpha value is 0.310. The molecule has 0 rings (SSSR count). The Bertz CT molecular complexity index is 142. The van der Waals surface area contributed by atoms with E-state index < -0.39 is 8.60 Å². The van der Waals surface area contributed by atoms with Gasteiger partial charge in [0.2, 0.25) is 0 Å². The van der Waals surface area contributed by atoms with Crippen molar-refractivity contribution >= 4 is 8.60 Å². The van der Waals surface area contributed by atoms with Crippen LogP contribution in [0.1, 0.15) is 71.6 Å². The zero-order valence-corrected chi connectivity index (χ0v) is 11.6. The molecule has 0 saturated heterocycles. The van der Waals surface area contributed by atoms with Crippen LogP contribution in [0.15, 0.2) is 0 Å². The average molecular weight is 250 g/mol. The largest absolute Gasteiger partial charge is 0.328 e. The Labute approximate surface area is 101 Å². The molecule has 0 aliphatic rings. The van der Waals surface area contributed by atoms with Gasteiger partial charge in [-0.3, -0.25) is 0 Å². The Morgan fingerprint density at radius 2 is 1.50 bits per heavy atom. The Kier molecular flexibility index (Phi) is 12.0. The predicted octanol–water partition coefficient (Wildman–Crippen LogP) is 4.13. The third-order valence-electron chi connectivity index (χ3n) is 2.73. The van der Waals surface area contributed by atoms with Crippen molar-refractivity contribution in [3.8, 4) is 0 Å². The van der Waals surface area contributed by atoms with Gasteiger partial charge in [0.1, 0.15) is 0 Å². The summed E-state index contributed by atoms with van der Waals surface area (Å²) in [5, 5.41) is 0. The van der Waals surface area contributed by atoms with Gasteiger partial charge in [-0.2, -0.15) is 0 Å². The zero-order valence-electron chi connectivity index (χ0n) is 10.7. The minimum Gasteiger partial charge on any atom is -0.328 e. The highest BCUT2D eigenvalue weighted by Crippen LogP contribution is 2.30. The molecule has 16 heavy (non-hydrogen) atoms. The molecule has 0 bridgehead atoms. The van der Waals surface area contributed by atoms with Crippen molar-refractivity contribution in [3.05, 3.63) is 0 Å². The minimum absolute atomic E-state index is 0.0392. The summed E-state index contributed by atoms with van der Waals surface area (Å²) in [6, 6.07) is 0. The van der Waals surface area contributed by atoms with E-state index in [9.17, 15) is 0 Å². The summed E-state index contributed by atoms with van der Waals surface area (Å²) in [6.07, 6.45) is 10.5. The molecule has 0 aromatic carbocycles. The minimum atomic E-state index is -2.18. The monoisotopic (exact) mass is 250 g/mol. The van der Waals surface area contributed by atoms with Gasteiger partial charge in [0.05, 0.1) is 6.10 Å². The van der Waals surface area contributed by atoms with E-state index in [0.29, 0.717) is 0 Å². The highest BCUT2D eigenvalue weighted by Gasteiger charge is 2.12. The Morgan fingerprint density at radius 1 is 0.875 bits per heavy atom. The van der Waals surface area contributed by atoms with E-state index in [2.05, 4.69) is 13.8 Å². The molecule has 0 saturated carbocycles. The number of rotatable bonds is 11. The van der Waals surface area contributed by atoms with E-state index in [0.717, 1.165) is 25.7 Å². The van der Waals surface area contributed by atoms with Gasteiger partial charge < -0.3 is 14.3 Å². The fourth-order valence-electron chi connectivity index (χ4n) is 1.86. The third kappa shape index (κ3) is 10.8. The molecule has 4 heteroatoms. The summed E-state index contributed by atoms with van der Waals surface area (Å²) in [5.41, 5.74) is 0. The molecule has 0 aliphatic heterocycles. The molecule has 0 spiro atoms. The molecule has 0 fully saturated rings. The first-order valence-electron chi connectivity index (χ1n) is 6.55. The molecule has 0 amide bonds. The lowest BCUT2D eigenvalue weighted by molar-refractivity contribution is 0.150. The summed E-state index contributed by atoms with van der Waals surface area (Å²) in [5.74, 6) is 0. The highest BCUT2D eigenvalue weighted by molar-refractivity contribution is 7.39. The molecule has 98 valence electrons. The maximum Gasteiger partial charge on any atom is 0.327 e. The first-order valence-corrected chi connectivity index (χ1v) is 7.71. The van der Waals surface area contributed by atoms with Crippen molar-refractivity contribution in [2.45, 2.75) is 77.7 Å². The Balaban J connectivity index is 3.44. The van der Waals surface area contributed by atoms with Crippen LogP contribution in [0.4, 0.5) is 0 Å². The van der Waals surface area contributed by atoms with Crippen LogP contribution in [0.25, 0.3) is 0 Å². The second kappa shape index (κ2) is 11.8. The van der Waals surface area contributed by atoms with Gasteiger partial charge in [0, 0.05) is 0 Å². The molecule has 1 unspecified atom stereocenters. The summed E-state index contributed by atoms with van der Waals surface area (Å²) < 4.78 is 5.09. The fraction of sp³-hybridized carbons (Fsp3) is 1.00. The van der Waals surface area contributed by atoms with Crippen molar-refractivity contribution < 1.29 is 14.3 Å². The van der Waals surface area contributed by atoms with Gasteiger partial charge in [-0.1, -0.05) is 58.8 Å². The van der Waals surface area contributed by atoms with Crippen molar-refractivity contribution in [2.75, 3.05) is 0 Å². The van der Waals surface area contributed by atoms with Crippen molar-refractivity contribution in [2.24, 2.45) is 0 Å². The lowest BCUT2D eigenvalue weighted by atomic mass is 10.0. The van der Waals surface area contributed by atoms with Crippen molar-refractivity contribution in [3.63, 3.8) is 0 Å². The summed E-state index contributed by atoms with van der Waals surface area (Å²) >= 11 is 0. The maximum absolute atomic E-state index is 8.82. The molecule has 3 nitrogen and oxygen atoms in total. The van der Waals surface area contributed by atoms with E-state index in [1.165, 1.54) is 32.1 Å². The predicted molar refractivity (Wildman–Crippen MR) is 69.1 cm³/mol. The van der Waals surface area contributed by atoms with Crippen molar-refractivity contribution in [1.29, 1.82) is 0 Å². The quantitative estimate of drug-likeness (QED) is 0.428. The fourth-order valence-corrected chi connectivity index (χ4v) is 2.33. The summed E-state index contributed by atoms with van der Waals surface area (Å²) in [6.45, 7) is 4.31. The number of hydrogen-bond acceptors (Lipinski definition) is 3. The van der Waals surface area contributed by atoms with E-state index >= 15 is 0 Å². The third-order valence-corrected chi connectivity index (χ3v) is 3.22. The Morgan fingerprint density at radius 3 is 2.06 bits per heavy atom. The second-order valence-electron chi connectivity index (χ2n) is 4.33. The van der Waals surface area contributed by atoms with Crippen LogP contribution in [0.2, 0.25) is 0 Å². The SMILES string of the molecule is CCCCCCCCC(CCC)OP(O)O. The van der Waals surface area contributed by atoms with Crippen LogP contribution in [-0.4, -0.2) is 15.9 Å². The summed E-state index contributed by atoms with van der Waals surface area (Å²) in [7, 11) is -2.18. The molecular weight excluding hydrogens is 223 g/mol. The number of unbranched alkanes of at least 4 members (excludes halogenated alkanes) is 5. The summed E-state index contributed by atoms with van der Waals surface area (Å²) in [4.78, 5) is 17.6. The first-order chi connectivity index (χ1) is 7.70. The highest BCUT2D eigenvalue weighted by atomic mass is 31.2. The van der Waals surface area contributed by atoms with E-state index in [4.69, 9.17) is 14.3 Å². The molecule has 0 radical (unpaired) electrons. The first kappa shape index (κ1) is 16.3. The molecule has 2 N–H and O–H groups in total. The molecule has 0 aliphatic carbocycles. The smallest absolute Gasteiger partial charge is 0.327 e. The topological polar surface area (TPSA) is 49.7 Å². The van der Waals surface area contributed by atoms with Gasteiger partial charge >= 0.3 is 8.60 Å². The van der Waals surface area contributed by atoms with Crippen LogP contribution >= 0.6 is 8.60 Å². The van der Waals surface area contributed by atoms with E-state index in [1.807, 2.05) is 0 Å². The zero-order chi connectivity index (χ0) is 12.2. The molecular formula is C12H27O3P. The normalized spacial score (nSPS) is 13.3. The van der Waals surface area contributed by atoms with Crippen LogP contribution in [0.3, 0.4) is 0 Å². The maximum atomic E-state index is 8.82. The van der Waals surface area contributed by atoms with Gasteiger partial charge in [-0.15, -0.1) is 0 Å². The number of hydrogen-bond donors (Lipinski definition) is 2. The van der Waals surface area contributed by atoms with Crippen molar-refractivity contribution in [1.82, 2.24) is 0 Å². The van der Waals surface area contributed by atoms with Gasteiger partial charge in [-0.05, 0) is 12.8 Å². The molecule has 0 aromatic heterocycles. The standard InChI is InChI=1S/C12H27O3P/c1-3-5-6-7-8-9-11-12(10-4-2)15-16(13)14/h12-14H,3-11H2,1-2H3. The van der Waals surface area contributed by atoms with Gasteiger partial charge in [-0.25, -0.2) is 0 Å². The van der Waals surface area contributed by atoms with Gasteiger partial charge in [0.15, 0.2) is 0 Å². The van der Waals surface area contributed by atoms with Gasteiger partial charge in [0.25, 0.3) is 0 Å². The molecule has 1 atom stereocenters.